The highest BCUT2D eigenvalue weighted by atomic mass is 19.1. The van der Waals surface area contributed by atoms with Crippen LogP contribution in [0.1, 0.15) is 18.2 Å². The number of hydrogen-bond donors (Lipinski definition) is 1. The van der Waals surface area contributed by atoms with Gasteiger partial charge >= 0.3 is 0 Å². The fourth-order valence-corrected chi connectivity index (χ4v) is 3.82. The first-order chi connectivity index (χ1) is 15.1. The fraction of sp³-hybridized carbons (Fsp3) is 0.130. The van der Waals surface area contributed by atoms with Crippen LogP contribution < -0.4 is 10.2 Å². The van der Waals surface area contributed by atoms with E-state index in [1.54, 1.807) is 11.1 Å². The molecule has 2 amide bonds. The lowest BCUT2D eigenvalue weighted by Crippen LogP contribution is -2.31. The first kappa shape index (κ1) is 18.9. The van der Waals surface area contributed by atoms with Crippen molar-refractivity contribution in [3.05, 3.63) is 84.4 Å². The van der Waals surface area contributed by atoms with Crippen molar-refractivity contribution in [2.75, 3.05) is 10.2 Å². The Morgan fingerprint density at radius 2 is 1.81 bits per heavy atom. The number of halogens is 1. The summed E-state index contributed by atoms with van der Waals surface area (Å²) in [6, 6.07) is 17.8. The van der Waals surface area contributed by atoms with Crippen LogP contribution in [0.25, 0.3) is 11.0 Å². The van der Waals surface area contributed by atoms with Gasteiger partial charge in [0.1, 0.15) is 11.9 Å². The largest absolute Gasteiger partial charge is 0.326 e. The van der Waals surface area contributed by atoms with Crippen LogP contribution in [-0.2, 0) is 16.1 Å². The number of carbonyl (C=O) groups is 2. The Morgan fingerprint density at radius 3 is 2.58 bits per heavy atom. The molecule has 1 aliphatic rings. The molecule has 5 rings (SSSR count). The quantitative estimate of drug-likeness (QED) is 0.539. The number of hydrogen-bond acceptors (Lipinski definition) is 4. The number of carbonyl (C=O) groups excluding carboxylic acids is 2. The Labute approximate surface area is 177 Å². The minimum absolute atomic E-state index is 0.0672. The number of nitrogens with zero attached hydrogens (tertiary/aromatic N) is 4. The van der Waals surface area contributed by atoms with Gasteiger partial charge in [-0.05, 0) is 48.5 Å². The van der Waals surface area contributed by atoms with Gasteiger partial charge in [0, 0.05) is 11.9 Å². The maximum Gasteiger partial charge on any atom is 0.253 e. The zero-order valence-electron chi connectivity index (χ0n) is 16.4. The van der Waals surface area contributed by atoms with Gasteiger partial charge in [0.15, 0.2) is 0 Å². The third kappa shape index (κ3) is 3.52. The lowest BCUT2D eigenvalue weighted by molar-refractivity contribution is -0.124. The van der Waals surface area contributed by atoms with Crippen molar-refractivity contribution in [3.63, 3.8) is 0 Å². The molecule has 2 aromatic heterocycles. The average molecular weight is 415 g/mol. The lowest BCUT2D eigenvalue weighted by atomic mass is 10.1. The number of imidazole rings is 1. The van der Waals surface area contributed by atoms with E-state index >= 15 is 0 Å². The number of pyridine rings is 1. The zero-order valence-corrected chi connectivity index (χ0v) is 16.4. The summed E-state index contributed by atoms with van der Waals surface area (Å²) in [5.41, 5.74) is 2.73. The Kier molecular flexibility index (Phi) is 4.66. The van der Waals surface area contributed by atoms with Crippen LogP contribution in [0.4, 0.5) is 16.0 Å². The molecular weight excluding hydrogens is 397 g/mol. The molecule has 8 heteroatoms. The SMILES string of the molecule is O=C(C[C@H]1C(=O)N(Cc2ccccn2)c2nc3ccccc3n21)Nc1ccc(F)cc1. The second kappa shape index (κ2) is 7.64. The zero-order chi connectivity index (χ0) is 21.4. The first-order valence-electron chi connectivity index (χ1n) is 9.84. The summed E-state index contributed by atoms with van der Waals surface area (Å²) < 4.78 is 14.9. The monoisotopic (exact) mass is 415 g/mol. The summed E-state index contributed by atoms with van der Waals surface area (Å²) in [5, 5.41) is 2.73. The number of para-hydroxylation sites is 2. The summed E-state index contributed by atoms with van der Waals surface area (Å²) in [7, 11) is 0. The summed E-state index contributed by atoms with van der Waals surface area (Å²) in [6.07, 6.45) is 1.61. The molecule has 0 radical (unpaired) electrons. The molecule has 0 saturated heterocycles. The van der Waals surface area contributed by atoms with Crippen LogP contribution in [0.3, 0.4) is 0 Å². The van der Waals surface area contributed by atoms with Gasteiger partial charge in [-0.15, -0.1) is 0 Å². The van der Waals surface area contributed by atoms with Crippen LogP contribution in [0.5, 0.6) is 0 Å². The molecule has 1 aliphatic heterocycles. The van der Waals surface area contributed by atoms with Crippen molar-refractivity contribution < 1.29 is 14.0 Å². The van der Waals surface area contributed by atoms with Crippen molar-refractivity contribution in [3.8, 4) is 0 Å². The van der Waals surface area contributed by atoms with Gasteiger partial charge in [-0.2, -0.15) is 0 Å². The average Bonchev–Trinajstić information content (AvgIpc) is 3.27. The highest BCUT2D eigenvalue weighted by Gasteiger charge is 2.41. The molecule has 4 aromatic rings. The Hall–Kier alpha value is -4.07. The van der Waals surface area contributed by atoms with Gasteiger partial charge in [0.05, 0.1) is 29.7 Å². The number of benzene rings is 2. The third-order valence-electron chi connectivity index (χ3n) is 5.23. The second-order valence-electron chi connectivity index (χ2n) is 7.29. The summed E-state index contributed by atoms with van der Waals surface area (Å²) in [4.78, 5) is 36.5. The van der Waals surface area contributed by atoms with Gasteiger partial charge in [-0.1, -0.05) is 18.2 Å². The van der Waals surface area contributed by atoms with Gasteiger partial charge in [-0.25, -0.2) is 9.37 Å². The van der Waals surface area contributed by atoms with E-state index in [-0.39, 0.29) is 30.6 Å². The van der Waals surface area contributed by atoms with Gasteiger partial charge in [-0.3, -0.25) is 24.0 Å². The smallest absolute Gasteiger partial charge is 0.253 e. The van der Waals surface area contributed by atoms with Crippen molar-refractivity contribution in [1.82, 2.24) is 14.5 Å². The molecule has 1 atom stereocenters. The van der Waals surface area contributed by atoms with E-state index in [4.69, 9.17) is 0 Å². The van der Waals surface area contributed by atoms with Crippen molar-refractivity contribution >= 4 is 34.5 Å². The predicted octanol–water partition coefficient (Wildman–Crippen LogP) is 3.69. The number of fused-ring (bicyclic) bond motifs is 3. The van der Waals surface area contributed by atoms with Crippen LogP contribution in [-0.4, -0.2) is 26.3 Å². The molecule has 0 bridgehead atoms. The number of amides is 2. The van der Waals surface area contributed by atoms with E-state index in [2.05, 4.69) is 15.3 Å². The van der Waals surface area contributed by atoms with Crippen LogP contribution in [0, 0.1) is 5.82 Å². The number of anilines is 2. The van der Waals surface area contributed by atoms with Crippen molar-refractivity contribution in [2.24, 2.45) is 0 Å². The standard InChI is InChI=1S/C23H18FN5O2/c24-15-8-10-16(11-9-15)26-21(30)13-20-22(31)28(14-17-5-3-4-12-25-17)23-27-18-6-1-2-7-19(18)29(20)23/h1-12,20H,13-14H2,(H,26,30)/t20-/m0/s1. The maximum absolute atomic E-state index is 13.3. The molecule has 0 spiro atoms. The fourth-order valence-electron chi connectivity index (χ4n) is 3.82. The lowest BCUT2D eigenvalue weighted by Gasteiger charge is -2.15. The highest BCUT2D eigenvalue weighted by molar-refractivity contribution is 6.05. The molecule has 1 N–H and O–H groups in total. The van der Waals surface area contributed by atoms with E-state index < -0.39 is 6.04 Å². The van der Waals surface area contributed by atoms with Gasteiger partial charge in [0.25, 0.3) is 5.91 Å². The Bertz CT molecular complexity index is 1270. The van der Waals surface area contributed by atoms with Crippen LogP contribution in [0.2, 0.25) is 0 Å². The van der Waals surface area contributed by atoms with E-state index in [0.29, 0.717) is 11.6 Å². The maximum atomic E-state index is 13.3. The summed E-state index contributed by atoms with van der Waals surface area (Å²) in [5.74, 6) is -0.443. The Morgan fingerprint density at radius 1 is 1.03 bits per heavy atom. The number of nitrogens with one attached hydrogen (secondary N) is 1. The van der Waals surface area contributed by atoms with E-state index in [9.17, 15) is 14.0 Å². The Balaban J connectivity index is 1.46. The van der Waals surface area contributed by atoms with Crippen molar-refractivity contribution in [2.45, 2.75) is 19.0 Å². The molecule has 31 heavy (non-hydrogen) atoms. The number of rotatable bonds is 5. The molecule has 2 aromatic carbocycles. The number of aromatic nitrogens is 3. The molecule has 154 valence electrons. The van der Waals surface area contributed by atoms with Crippen LogP contribution in [0.15, 0.2) is 72.9 Å². The minimum Gasteiger partial charge on any atom is -0.326 e. The highest BCUT2D eigenvalue weighted by Crippen LogP contribution is 2.37. The summed E-state index contributed by atoms with van der Waals surface area (Å²) in [6.45, 7) is 0.263. The minimum atomic E-state index is -0.730. The first-order valence-corrected chi connectivity index (χ1v) is 9.84. The molecule has 7 nitrogen and oxygen atoms in total. The van der Waals surface area contributed by atoms with E-state index in [1.165, 1.54) is 24.3 Å². The summed E-state index contributed by atoms with van der Waals surface area (Å²) >= 11 is 0. The molecule has 0 saturated carbocycles. The van der Waals surface area contributed by atoms with Crippen molar-refractivity contribution in [1.29, 1.82) is 0 Å². The molecular formula is C23H18FN5O2. The third-order valence-corrected chi connectivity index (χ3v) is 5.23. The molecule has 0 fully saturated rings. The van der Waals surface area contributed by atoms with Gasteiger partial charge in [0.2, 0.25) is 11.9 Å². The predicted molar refractivity (Wildman–Crippen MR) is 114 cm³/mol. The van der Waals surface area contributed by atoms with Crippen LogP contribution >= 0.6 is 0 Å². The molecule has 0 aliphatic carbocycles. The normalized spacial score (nSPS) is 15.3. The van der Waals surface area contributed by atoms with Gasteiger partial charge < -0.3 is 5.32 Å². The molecule has 0 unspecified atom stereocenters. The second-order valence-corrected chi connectivity index (χ2v) is 7.29. The van der Waals surface area contributed by atoms with E-state index in [1.807, 2.05) is 47.0 Å². The molecule has 3 heterocycles. The van der Waals surface area contributed by atoms with E-state index in [0.717, 1.165) is 16.7 Å². The topological polar surface area (TPSA) is 80.1 Å².